The Hall–Kier alpha value is -1.92. The van der Waals surface area contributed by atoms with Gasteiger partial charge in [-0.05, 0) is 31.2 Å². The fourth-order valence-corrected chi connectivity index (χ4v) is 2.83. The lowest BCUT2D eigenvalue weighted by Crippen LogP contribution is -1.98. The summed E-state index contributed by atoms with van der Waals surface area (Å²) in [5.41, 5.74) is 0.236. The lowest BCUT2D eigenvalue weighted by atomic mass is 10.1. The van der Waals surface area contributed by atoms with Crippen LogP contribution in [0.5, 0.6) is 0 Å². The molecule has 2 rings (SSSR count). The van der Waals surface area contributed by atoms with Crippen LogP contribution in [0.2, 0.25) is 0 Å². The summed E-state index contributed by atoms with van der Waals surface area (Å²) in [6.45, 7) is 1.50. The van der Waals surface area contributed by atoms with E-state index in [2.05, 4.69) is 0 Å². The summed E-state index contributed by atoms with van der Waals surface area (Å²) in [6, 6.07) is 10.5. The summed E-state index contributed by atoms with van der Waals surface area (Å²) >= 11 is 1.25. The van der Waals surface area contributed by atoms with Gasteiger partial charge in [-0.25, -0.2) is 4.39 Å². The molecule has 4 nitrogen and oxygen atoms in total. The summed E-state index contributed by atoms with van der Waals surface area (Å²) in [4.78, 5) is 11.4. The van der Waals surface area contributed by atoms with Gasteiger partial charge in [-0.2, -0.15) is 0 Å². The molecule has 104 valence electrons. The molecule has 0 bridgehead atoms. The molecule has 2 aromatic carbocycles. The Balaban J connectivity index is 2.30. The molecule has 1 atom stereocenters. The van der Waals surface area contributed by atoms with Gasteiger partial charge in [0.25, 0.3) is 5.69 Å². The van der Waals surface area contributed by atoms with Crippen molar-refractivity contribution < 1.29 is 14.4 Å². The molecule has 2 aromatic rings. The second-order valence-corrected chi connectivity index (χ2v) is 5.30. The molecular weight excluding hydrogens is 281 g/mol. The molecule has 0 aliphatic rings. The minimum absolute atomic E-state index is 0.00402. The molecule has 0 aliphatic heterocycles. The standard InChI is InChI=1S/C14H12FNO3S/c1-9(17)14-12(15)3-2-4-13(14)20-11-7-5-10(6-8-11)16(18)19/h2-9,17H,1H3. The Labute approximate surface area is 119 Å². The summed E-state index contributed by atoms with van der Waals surface area (Å²) in [6.07, 6.45) is -0.920. The van der Waals surface area contributed by atoms with Crippen LogP contribution in [0.3, 0.4) is 0 Å². The summed E-state index contributed by atoms with van der Waals surface area (Å²) in [5.74, 6) is -0.466. The number of rotatable bonds is 4. The van der Waals surface area contributed by atoms with Gasteiger partial charge in [0.1, 0.15) is 5.82 Å². The van der Waals surface area contributed by atoms with Crippen molar-refractivity contribution in [3.63, 3.8) is 0 Å². The molecule has 0 fully saturated rings. The molecule has 0 amide bonds. The highest BCUT2D eigenvalue weighted by molar-refractivity contribution is 7.99. The minimum Gasteiger partial charge on any atom is -0.389 e. The first kappa shape index (κ1) is 14.5. The normalized spacial score (nSPS) is 12.2. The largest absolute Gasteiger partial charge is 0.389 e. The Morgan fingerprint density at radius 2 is 1.90 bits per heavy atom. The van der Waals surface area contributed by atoms with Crippen LogP contribution in [0.1, 0.15) is 18.6 Å². The maximum atomic E-state index is 13.7. The highest BCUT2D eigenvalue weighted by Crippen LogP contribution is 2.35. The summed E-state index contributed by atoms with van der Waals surface area (Å²) in [7, 11) is 0. The van der Waals surface area contributed by atoms with E-state index in [0.29, 0.717) is 4.90 Å². The number of aliphatic hydroxyl groups is 1. The summed E-state index contributed by atoms with van der Waals surface area (Å²) in [5, 5.41) is 20.2. The van der Waals surface area contributed by atoms with Crippen molar-refractivity contribution in [2.75, 3.05) is 0 Å². The number of hydrogen-bond acceptors (Lipinski definition) is 4. The first-order valence-corrected chi connectivity index (χ1v) is 6.69. The second kappa shape index (κ2) is 6.02. The van der Waals surface area contributed by atoms with Gasteiger partial charge in [-0.15, -0.1) is 0 Å². The number of non-ortho nitro benzene ring substituents is 1. The monoisotopic (exact) mass is 293 g/mol. The zero-order valence-corrected chi connectivity index (χ0v) is 11.4. The van der Waals surface area contributed by atoms with Crippen molar-refractivity contribution in [2.24, 2.45) is 0 Å². The maximum absolute atomic E-state index is 13.7. The third-order valence-corrected chi connectivity index (χ3v) is 3.79. The molecule has 20 heavy (non-hydrogen) atoms. The van der Waals surface area contributed by atoms with E-state index in [1.807, 2.05) is 0 Å². The van der Waals surface area contributed by atoms with E-state index in [4.69, 9.17) is 0 Å². The SMILES string of the molecule is CC(O)c1c(F)cccc1Sc1ccc([N+](=O)[O-])cc1. The number of aliphatic hydroxyl groups excluding tert-OH is 1. The fourth-order valence-electron chi connectivity index (χ4n) is 1.77. The van der Waals surface area contributed by atoms with E-state index in [1.54, 1.807) is 24.3 Å². The predicted octanol–water partition coefficient (Wildman–Crippen LogP) is 3.94. The minimum atomic E-state index is -0.920. The number of benzene rings is 2. The number of nitro groups is 1. The molecular formula is C14H12FNO3S. The molecule has 0 saturated carbocycles. The second-order valence-electron chi connectivity index (χ2n) is 4.18. The first-order chi connectivity index (χ1) is 9.49. The Kier molecular flexibility index (Phi) is 4.36. The van der Waals surface area contributed by atoms with Crippen LogP contribution in [-0.4, -0.2) is 10.0 Å². The van der Waals surface area contributed by atoms with Crippen LogP contribution >= 0.6 is 11.8 Å². The van der Waals surface area contributed by atoms with Gasteiger partial charge in [0, 0.05) is 27.5 Å². The van der Waals surface area contributed by atoms with Crippen molar-refractivity contribution in [1.82, 2.24) is 0 Å². The van der Waals surface area contributed by atoms with Crippen LogP contribution in [-0.2, 0) is 0 Å². The summed E-state index contributed by atoms with van der Waals surface area (Å²) < 4.78 is 13.7. The third kappa shape index (κ3) is 3.15. The van der Waals surface area contributed by atoms with E-state index in [-0.39, 0.29) is 11.3 Å². The van der Waals surface area contributed by atoms with Gasteiger partial charge in [0.05, 0.1) is 11.0 Å². The average Bonchev–Trinajstić information content (AvgIpc) is 2.39. The predicted molar refractivity (Wildman–Crippen MR) is 74.3 cm³/mol. The lowest BCUT2D eigenvalue weighted by molar-refractivity contribution is -0.384. The Morgan fingerprint density at radius 1 is 1.25 bits per heavy atom. The Morgan fingerprint density at radius 3 is 2.45 bits per heavy atom. The molecule has 0 heterocycles. The number of nitrogens with zero attached hydrogens (tertiary/aromatic N) is 1. The van der Waals surface area contributed by atoms with Crippen LogP contribution in [0.15, 0.2) is 52.3 Å². The molecule has 0 saturated heterocycles. The highest BCUT2D eigenvalue weighted by Gasteiger charge is 2.14. The van der Waals surface area contributed by atoms with E-state index in [1.165, 1.54) is 36.9 Å². The van der Waals surface area contributed by atoms with E-state index in [0.717, 1.165) is 4.90 Å². The van der Waals surface area contributed by atoms with Gasteiger partial charge in [0.2, 0.25) is 0 Å². The topological polar surface area (TPSA) is 63.4 Å². The average molecular weight is 293 g/mol. The van der Waals surface area contributed by atoms with Crippen LogP contribution in [0.4, 0.5) is 10.1 Å². The number of nitro benzene ring substituents is 1. The quantitative estimate of drug-likeness (QED) is 0.685. The van der Waals surface area contributed by atoms with Gasteiger partial charge in [-0.3, -0.25) is 10.1 Å². The van der Waals surface area contributed by atoms with E-state index >= 15 is 0 Å². The highest BCUT2D eigenvalue weighted by atomic mass is 32.2. The van der Waals surface area contributed by atoms with Crippen LogP contribution in [0, 0.1) is 15.9 Å². The maximum Gasteiger partial charge on any atom is 0.269 e. The van der Waals surface area contributed by atoms with E-state index in [9.17, 15) is 19.6 Å². The van der Waals surface area contributed by atoms with Gasteiger partial charge < -0.3 is 5.11 Å². The van der Waals surface area contributed by atoms with Gasteiger partial charge in [0.15, 0.2) is 0 Å². The fraction of sp³-hybridized carbons (Fsp3) is 0.143. The molecule has 1 N–H and O–H groups in total. The van der Waals surface area contributed by atoms with Gasteiger partial charge in [-0.1, -0.05) is 17.8 Å². The zero-order chi connectivity index (χ0) is 14.7. The van der Waals surface area contributed by atoms with Crippen LogP contribution in [0.25, 0.3) is 0 Å². The van der Waals surface area contributed by atoms with E-state index < -0.39 is 16.8 Å². The molecule has 0 radical (unpaired) electrons. The third-order valence-electron chi connectivity index (χ3n) is 2.71. The molecule has 0 aliphatic carbocycles. The Bertz CT molecular complexity index is 629. The molecule has 6 heteroatoms. The van der Waals surface area contributed by atoms with Crippen molar-refractivity contribution in [2.45, 2.75) is 22.8 Å². The molecule has 0 aromatic heterocycles. The zero-order valence-electron chi connectivity index (χ0n) is 10.6. The van der Waals surface area contributed by atoms with Crippen molar-refractivity contribution >= 4 is 17.4 Å². The molecule has 1 unspecified atom stereocenters. The number of hydrogen-bond donors (Lipinski definition) is 1. The molecule has 0 spiro atoms. The lowest BCUT2D eigenvalue weighted by Gasteiger charge is -2.12. The van der Waals surface area contributed by atoms with Crippen molar-refractivity contribution in [1.29, 1.82) is 0 Å². The van der Waals surface area contributed by atoms with Gasteiger partial charge >= 0.3 is 0 Å². The number of halogens is 1. The first-order valence-electron chi connectivity index (χ1n) is 5.88. The smallest absolute Gasteiger partial charge is 0.269 e. The van der Waals surface area contributed by atoms with Crippen molar-refractivity contribution in [3.8, 4) is 0 Å². The van der Waals surface area contributed by atoms with Crippen LogP contribution < -0.4 is 0 Å². The van der Waals surface area contributed by atoms with Crippen molar-refractivity contribution in [3.05, 3.63) is 64.0 Å².